The van der Waals surface area contributed by atoms with Crippen LogP contribution in [0.2, 0.25) is 0 Å². The number of nitrogens with zero attached hydrogens (tertiary/aromatic N) is 2. The van der Waals surface area contributed by atoms with E-state index in [1.807, 2.05) is 25.7 Å². The topological polar surface area (TPSA) is 72.9 Å². The van der Waals surface area contributed by atoms with E-state index < -0.39 is 16.7 Å². The molecule has 0 aromatic carbocycles. The van der Waals surface area contributed by atoms with Gasteiger partial charge in [-0.3, -0.25) is 9.11 Å². The molecule has 7 heteroatoms. The Kier molecular flexibility index (Phi) is 5.12. The van der Waals surface area contributed by atoms with Crippen LogP contribution in [-0.4, -0.2) is 62.3 Å². The van der Waals surface area contributed by atoms with E-state index >= 15 is 0 Å². The predicted molar refractivity (Wildman–Crippen MR) is 67.8 cm³/mol. The van der Waals surface area contributed by atoms with E-state index in [1.165, 1.54) is 0 Å². The van der Waals surface area contributed by atoms with E-state index in [-0.39, 0.29) is 18.0 Å². The van der Waals surface area contributed by atoms with Crippen LogP contribution in [-0.2, 0) is 15.8 Å². The molecule has 6 nitrogen and oxygen atoms in total. The zero-order valence-corrected chi connectivity index (χ0v) is 12.2. The highest BCUT2D eigenvalue weighted by atomic mass is 32.2. The van der Waals surface area contributed by atoms with Gasteiger partial charge in [0.1, 0.15) is 5.60 Å². The monoisotopic (exact) mass is 277 g/mol. The highest BCUT2D eigenvalue weighted by Crippen LogP contribution is 2.17. The molecule has 0 spiro atoms. The summed E-state index contributed by atoms with van der Waals surface area (Å²) in [6, 6.07) is 0.0170. The summed E-state index contributed by atoms with van der Waals surface area (Å²) in [4.78, 5) is 15.2. The van der Waals surface area contributed by atoms with E-state index in [0.29, 0.717) is 13.1 Å². The summed E-state index contributed by atoms with van der Waals surface area (Å²) >= 11 is -2.07. The van der Waals surface area contributed by atoms with Crippen LogP contribution in [0.25, 0.3) is 0 Å². The molecule has 0 bridgehead atoms. The van der Waals surface area contributed by atoms with Gasteiger partial charge in [-0.15, -0.1) is 0 Å². The van der Waals surface area contributed by atoms with Gasteiger partial charge in [-0.1, -0.05) is 0 Å². The Balaban J connectivity index is 2.46. The molecule has 1 heterocycles. The molecule has 18 heavy (non-hydrogen) atoms. The van der Waals surface area contributed by atoms with Crippen molar-refractivity contribution in [1.82, 2.24) is 9.80 Å². The first kappa shape index (κ1) is 15.4. The van der Waals surface area contributed by atoms with Crippen molar-refractivity contribution in [2.75, 3.05) is 26.0 Å². The van der Waals surface area contributed by atoms with Gasteiger partial charge in [-0.05, 0) is 38.3 Å². The quantitative estimate of drug-likeness (QED) is 0.712. The summed E-state index contributed by atoms with van der Waals surface area (Å²) in [5.41, 5.74) is -0.514. The number of likely N-dealkylation sites (N-methyl/N-ethyl adjacent to an activating group) is 1. The standard InChI is InChI=1S/C11H22N2O4S/c1-11(2,3)17-10(14)12(4)9-5-6-13(7-9)8-18(15)16/h9H,5-8H2,1-4H3,(H,15,16)/p-1. The van der Waals surface area contributed by atoms with E-state index in [2.05, 4.69) is 0 Å². The number of amides is 1. The minimum atomic E-state index is -2.07. The fourth-order valence-corrected chi connectivity index (χ4v) is 2.41. The number of hydrogen-bond donors (Lipinski definition) is 0. The molecule has 2 unspecified atom stereocenters. The third-order valence-electron chi connectivity index (χ3n) is 2.76. The molecule has 1 saturated heterocycles. The molecule has 0 radical (unpaired) electrons. The van der Waals surface area contributed by atoms with E-state index in [0.717, 1.165) is 6.42 Å². The lowest BCUT2D eigenvalue weighted by atomic mass is 10.2. The molecular formula is C11H21N2O4S-. The summed E-state index contributed by atoms with van der Waals surface area (Å²) in [5.74, 6) is 0.0264. The van der Waals surface area contributed by atoms with Gasteiger partial charge in [0.15, 0.2) is 0 Å². The lowest BCUT2D eigenvalue weighted by Crippen LogP contribution is -2.42. The summed E-state index contributed by atoms with van der Waals surface area (Å²) in [6.45, 7) is 6.72. The van der Waals surface area contributed by atoms with Crippen LogP contribution in [0.4, 0.5) is 4.79 Å². The Morgan fingerprint density at radius 2 is 2.17 bits per heavy atom. The molecule has 0 aromatic rings. The van der Waals surface area contributed by atoms with Gasteiger partial charge in [0, 0.05) is 26.2 Å². The highest BCUT2D eigenvalue weighted by molar-refractivity contribution is 7.79. The minimum Gasteiger partial charge on any atom is -0.771 e. The molecule has 1 fully saturated rings. The van der Waals surface area contributed by atoms with Crippen LogP contribution < -0.4 is 0 Å². The Bertz CT molecular complexity index is 329. The molecule has 0 saturated carbocycles. The van der Waals surface area contributed by atoms with Gasteiger partial charge in [-0.2, -0.15) is 0 Å². The van der Waals surface area contributed by atoms with Crippen molar-refractivity contribution < 1.29 is 18.3 Å². The maximum atomic E-state index is 11.8. The third-order valence-corrected chi connectivity index (χ3v) is 3.34. The lowest BCUT2D eigenvalue weighted by molar-refractivity contribution is 0.0230. The van der Waals surface area contributed by atoms with Gasteiger partial charge >= 0.3 is 6.09 Å². The van der Waals surface area contributed by atoms with Crippen LogP contribution >= 0.6 is 0 Å². The van der Waals surface area contributed by atoms with Crippen LogP contribution in [0.15, 0.2) is 0 Å². The fraction of sp³-hybridized carbons (Fsp3) is 0.909. The van der Waals surface area contributed by atoms with Crippen molar-refractivity contribution in [3.8, 4) is 0 Å². The molecule has 0 N–H and O–H groups in total. The second kappa shape index (κ2) is 5.99. The molecule has 1 amide bonds. The summed E-state index contributed by atoms with van der Waals surface area (Å²) < 4.78 is 26.5. The normalized spacial score (nSPS) is 22.8. The van der Waals surface area contributed by atoms with Crippen LogP contribution in [0.1, 0.15) is 27.2 Å². The highest BCUT2D eigenvalue weighted by Gasteiger charge is 2.30. The second-order valence-electron chi connectivity index (χ2n) is 5.54. The summed E-state index contributed by atoms with van der Waals surface area (Å²) in [6.07, 6.45) is 0.407. The fourth-order valence-electron chi connectivity index (χ4n) is 1.88. The van der Waals surface area contributed by atoms with Crippen molar-refractivity contribution in [1.29, 1.82) is 0 Å². The average molecular weight is 277 g/mol. The lowest BCUT2D eigenvalue weighted by Gasteiger charge is -2.28. The minimum absolute atomic E-state index is 0.0170. The number of ether oxygens (including phenoxy) is 1. The van der Waals surface area contributed by atoms with Gasteiger partial charge in [0.25, 0.3) is 0 Å². The number of rotatable bonds is 3. The van der Waals surface area contributed by atoms with E-state index in [4.69, 9.17) is 4.74 Å². The number of hydrogen-bond acceptors (Lipinski definition) is 5. The second-order valence-corrected chi connectivity index (χ2v) is 6.41. The first-order valence-electron chi connectivity index (χ1n) is 5.93. The Morgan fingerprint density at radius 1 is 1.56 bits per heavy atom. The van der Waals surface area contributed by atoms with E-state index in [9.17, 15) is 13.6 Å². The predicted octanol–water partition coefficient (Wildman–Crippen LogP) is 0.764. The summed E-state index contributed by atoms with van der Waals surface area (Å²) in [5, 5.41) is 0. The van der Waals surface area contributed by atoms with Crippen LogP contribution in [0.3, 0.4) is 0 Å². The van der Waals surface area contributed by atoms with Crippen molar-refractivity contribution in [3.63, 3.8) is 0 Å². The molecule has 1 aliphatic heterocycles. The molecule has 1 rings (SSSR count). The Labute approximate surface area is 111 Å². The molecular weight excluding hydrogens is 256 g/mol. The van der Waals surface area contributed by atoms with Crippen molar-refractivity contribution in [2.45, 2.75) is 38.8 Å². The zero-order chi connectivity index (χ0) is 13.9. The summed E-state index contributed by atoms with van der Waals surface area (Å²) in [7, 11) is 1.69. The van der Waals surface area contributed by atoms with Gasteiger partial charge in [-0.25, -0.2) is 4.79 Å². The van der Waals surface area contributed by atoms with Crippen molar-refractivity contribution in [2.24, 2.45) is 0 Å². The molecule has 0 aliphatic carbocycles. The largest absolute Gasteiger partial charge is 0.771 e. The molecule has 2 atom stereocenters. The van der Waals surface area contributed by atoms with Crippen LogP contribution in [0.5, 0.6) is 0 Å². The molecule has 106 valence electrons. The number of likely N-dealkylation sites (tertiary alicyclic amines) is 1. The SMILES string of the molecule is CN(C(=O)OC(C)(C)C)C1CCN(CS(=O)[O-])C1. The van der Waals surface area contributed by atoms with E-state index in [1.54, 1.807) is 11.9 Å². The van der Waals surface area contributed by atoms with Gasteiger partial charge in [0.2, 0.25) is 0 Å². The van der Waals surface area contributed by atoms with Gasteiger partial charge < -0.3 is 14.2 Å². The Hall–Kier alpha value is -0.660. The average Bonchev–Trinajstić information content (AvgIpc) is 2.61. The number of carbonyl (C=O) groups excluding carboxylic acids is 1. The maximum absolute atomic E-state index is 11.8. The Morgan fingerprint density at radius 3 is 2.67 bits per heavy atom. The first-order valence-corrected chi connectivity index (χ1v) is 7.17. The number of carbonyl (C=O) groups is 1. The molecule has 0 aromatic heterocycles. The van der Waals surface area contributed by atoms with Crippen molar-refractivity contribution in [3.05, 3.63) is 0 Å². The van der Waals surface area contributed by atoms with Gasteiger partial charge in [0.05, 0.1) is 5.88 Å². The zero-order valence-electron chi connectivity index (χ0n) is 11.3. The third kappa shape index (κ3) is 4.91. The maximum Gasteiger partial charge on any atom is 0.410 e. The molecule has 1 aliphatic rings. The van der Waals surface area contributed by atoms with Crippen LogP contribution in [0, 0.1) is 0 Å². The smallest absolute Gasteiger partial charge is 0.410 e. The first-order chi connectivity index (χ1) is 8.19. The van der Waals surface area contributed by atoms with Crippen molar-refractivity contribution >= 4 is 17.2 Å².